The van der Waals surface area contributed by atoms with Gasteiger partial charge in [-0.15, -0.1) is 0 Å². The summed E-state index contributed by atoms with van der Waals surface area (Å²) in [6, 6.07) is 0. The average molecular weight is 241 g/mol. The second-order valence-electron chi connectivity index (χ2n) is 5.47. The minimum Gasteiger partial charge on any atom is -0.345 e. The van der Waals surface area contributed by atoms with Crippen molar-refractivity contribution < 1.29 is 4.79 Å². The van der Waals surface area contributed by atoms with Crippen molar-refractivity contribution >= 4 is 5.91 Å². The van der Waals surface area contributed by atoms with Gasteiger partial charge in [-0.05, 0) is 45.3 Å². The summed E-state index contributed by atoms with van der Waals surface area (Å²) in [5.74, 6) is 0.933. The quantitative estimate of drug-likeness (QED) is 0.773. The molecule has 1 fully saturated rings. The number of nitrogens with zero attached hydrogens (tertiary/aromatic N) is 2. The highest BCUT2D eigenvalue weighted by Crippen LogP contribution is 2.17. The van der Waals surface area contributed by atoms with Crippen LogP contribution in [0.25, 0.3) is 0 Å². The predicted molar refractivity (Wildman–Crippen MR) is 70.7 cm³/mol. The smallest absolute Gasteiger partial charge is 0.225 e. The lowest BCUT2D eigenvalue weighted by Gasteiger charge is -2.33. The first kappa shape index (κ1) is 14.5. The maximum atomic E-state index is 12.0. The molecule has 2 unspecified atom stereocenters. The molecule has 1 rings (SSSR count). The number of piperidine rings is 1. The van der Waals surface area contributed by atoms with Crippen LogP contribution in [0.15, 0.2) is 0 Å². The second-order valence-corrected chi connectivity index (χ2v) is 5.47. The molecule has 2 N–H and O–H groups in total. The van der Waals surface area contributed by atoms with Crippen molar-refractivity contribution in [3.05, 3.63) is 0 Å². The molecule has 0 bridgehead atoms. The molecule has 0 aliphatic carbocycles. The Balaban J connectivity index is 2.37. The van der Waals surface area contributed by atoms with Crippen LogP contribution in [-0.4, -0.2) is 56.0 Å². The van der Waals surface area contributed by atoms with E-state index in [2.05, 4.69) is 11.9 Å². The SMILES string of the molecule is CC(CCN)C(=O)N(C)CC1CCCN(C)C1. The molecule has 100 valence electrons. The predicted octanol–water partition coefficient (Wildman–Crippen LogP) is 0.772. The molecule has 1 saturated heterocycles. The van der Waals surface area contributed by atoms with Gasteiger partial charge in [-0.3, -0.25) is 4.79 Å². The average Bonchev–Trinajstić information content (AvgIpc) is 2.28. The number of hydrogen-bond donors (Lipinski definition) is 1. The van der Waals surface area contributed by atoms with Crippen molar-refractivity contribution in [2.24, 2.45) is 17.6 Å². The molecule has 0 aromatic carbocycles. The lowest BCUT2D eigenvalue weighted by Crippen LogP contribution is -2.41. The summed E-state index contributed by atoms with van der Waals surface area (Å²) in [5.41, 5.74) is 5.49. The summed E-state index contributed by atoms with van der Waals surface area (Å²) in [6.45, 7) is 5.75. The zero-order valence-corrected chi connectivity index (χ0v) is 11.5. The number of nitrogens with two attached hydrogens (primary N) is 1. The fraction of sp³-hybridized carbons (Fsp3) is 0.923. The van der Waals surface area contributed by atoms with Crippen molar-refractivity contribution in [3.8, 4) is 0 Å². The Labute approximate surface area is 105 Å². The first-order chi connectivity index (χ1) is 8.04. The number of hydrogen-bond acceptors (Lipinski definition) is 3. The maximum Gasteiger partial charge on any atom is 0.225 e. The highest BCUT2D eigenvalue weighted by molar-refractivity contribution is 5.78. The van der Waals surface area contributed by atoms with E-state index >= 15 is 0 Å². The minimum absolute atomic E-state index is 0.0614. The Morgan fingerprint density at radius 3 is 2.88 bits per heavy atom. The molecule has 0 aromatic heterocycles. The van der Waals surface area contributed by atoms with E-state index in [1.165, 1.54) is 19.4 Å². The molecule has 17 heavy (non-hydrogen) atoms. The zero-order chi connectivity index (χ0) is 12.8. The van der Waals surface area contributed by atoms with Crippen LogP contribution in [-0.2, 0) is 4.79 Å². The molecule has 0 spiro atoms. The number of rotatable bonds is 5. The molecular weight excluding hydrogens is 214 g/mol. The molecule has 2 atom stereocenters. The van der Waals surface area contributed by atoms with E-state index in [9.17, 15) is 4.79 Å². The standard InChI is InChI=1S/C13H27N3O/c1-11(6-7-14)13(17)16(3)10-12-5-4-8-15(2)9-12/h11-12H,4-10,14H2,1-3H3. The normalized spacial score (nSPS) is 23.4. The van der Waals surface area contributed by atoms with Crippen molar-refractivity contribution in [1.82, 2.24) is 9.80 Å². The van der Waals surface area contributed by atoms with E-state index in [0.29, 0.717) is 12.5 Å². The van der Waals surface area contributed by atoms with Gasteiger partial charge in [0.1, 0.15) is 0 Å². The fourth-order valence-corrected chi connectivity index (χ4v) is 2.65. The van der Waals surface area contributed by atoms with E-state index < -0.39 is 0 Å². The monoisotopic (exact) mass is 241 g/mol. The van der Waals surface area contributed by atoms with Crippen LogP contribution in [0.5, 0.6) is 0 Å². The highest BCUT2D eigenvalue weighted by atomic mass is 16.2. The summed E-state index contributed by atoms with van der Waals surface area (Å²) < 4.78 is 0. The van der Waals surface area contributed by atoms with Crippen LogP contribution in [0.4, 0.5) is 0 Å². The molecule has 4 heteroatoms. The van der Waals surface area contributed by atoms with Crippen LogP contribution < -0.4 is 5.73 Å². The molecule has 4 nitrogen and oxygen atoms in total. The lowest BCUT2D eigenvalue weighted by atomic mass is 9.97. The van der Waals surface area contributed by atoms with Gasteiger partial charge in [0.15, 0.2) is 0 Å². The van der Waals surface area contributed by atoms with Crippen LogP contribution in [0.3, 0.4) is 0 Å². The Morgan fingerprint density at radius 1 is 1.59 bits per heavy atom. The van der Waals surface area contributed by atoms with Gasteiger partial charge in [0.25, 0.3) is 0 Å². The Kier molecular flexibility index (Phi) is 5.92. The molecule has 1 amide bonds. The molecule has 0 saturated carbocycles. The van der Waals surface area contributed by atoms with Gasteiger partial charge in [-0.25, -0.2) is 0 Å². The molecular formula is C13H27N3O. The first-order valence-electron chi connectivity index (χ1n) is 6.68. The summed E-state index contributed by atoms with van der Waals surface area (Å²) >= 11 is 0. The minimum atomic E-state index is 0.0614. The molecule has 0 aromatic rings. The van der Waals surface area contributed by atoms with Crippen LogP contribution in [0.2, 0.25) is 0 Å². The van der Waals surface area contributed by atoms with Gasteiger partial charge in [-0.1, -0.05) is 6.92 Å². The third-order valence-corrected chi connectivity index (χ3v) is 3.65. The van der Waals surface area contributed by atoms with Gasteiger partial charge in [0.05, 0.1) is 0 Å². The third-order valence-electron chi connectivity index (χ3n) is 3.65. The Morgan fingerprint density at radius 2 is 2.29 bits per heavy atom. The summed E-state index contributed by atoms with van der Waals surface area (Å²) in [6.07, 6.45) is 3.28. The molecule has 1 aliphatic rings. The number of likely N-dealkylation sites (tertiary alicyclic amines) is 1. The van der Waals surface area contributed by atoms with Crippen molar-refractivity contribution in [2.75, 3.05) is 40.3 Å². The van der Waals surface area contributed by atoms with Gasteiger partial charge < -0.3 is 15.5 Å². The highest BCUT2D eigenvalue weighted by Gasteiger charge is 2.22. The third kappa shape index (κ3) is 4.64. The topological polar surface area (TPSA) is 49.6 Å². The molecule has 1 aliphatic heterocycles. The second kappa shape index (κ2) is 6.97. The zero-order valence-electron chi connectivity index (χ0n) is 11.5. The van der Waals surface area contributed by atoms with Crippen LogP contribution >= 0.6 is 0 Å². The van der Waals surface area contributed by atoms with E-state index in [4.69, 9.17) is 5.73 Å². The van der Waals surface area contributed by atoms with Gasteiger partial charge in [-0.2, -0.15) is 0 Å². The largest absolute Gasteiger partial charge is 0.345 e. The first-order valence-corrected chi connectivity index (χ1v) is 6.68. The van der Waals surface area contributed by atoms with Crippen molar-refractivity contribution in [1.29, 1.82) is 0 Å². The number of amides is 1. The van der Waals surface area contributed by atoms with Crippen LogP contribution in [0, 0.1) is 11.8 Å². The number of carbonyl (C=O) groups is 1. The Hall–Kier alpha value is -0.610. The Bertz CT molecular complexity index is 245. The van der Waals surface area contributed by atoms with Gasteiger partial charge in [0.2, 0.25) is 5.91 Å². The van der Waals surface area contributed by atoms with E-state index in [1.807, 2.05) is 18.9 Å². The summed E-state index contributed by atoms with van der Waals surface area (Å²) in [5, 5.41) is 0. The number of carbonyl (C=O) groups excluding carboxylic acids is 1. The molecule has 1 heterocycles. The summed E-state index contributed by atoms with van der Waals surface area (Å²) in [4.78, 5) is 16.3. The summed E-state index contributed by atoms with van der Waals surface area (Å²) in [7, 11) is 4.08. The maximum absolute atomic E-state index is 12.0. The molecule has 0 radical (unpaired) electrons. The van der Waals surface area contributed by atoms with E-state index in [1.54, 1.807) is 0 Å². The van der Waals surface area contributed by atoms with Crippen LogP contribution in [0.1, 0.15) is 26.2 Å². The van der Waals surface area contributed by atoms with Gasteiger partial charge in [0, 0.05) is 26.1 Å². The van der Waals surface area contributed by atoms with Gasteiger partial charge >= 0.3 is 0 Å². The van der Waals surface area contributed by atoms with Crippen molar-refractivity contribution in [2.45, 2.75) is 26.2 Å². The lowest BCUT2D eigenvalue weighted by molar-refractivity contribution is -0.134. The van der Waals surface area contributed by atoms with E-state index in [-0.39, 0.29) is 11.8 Å². The fourth-order valence-electron chi connectivity index (χ4n) is 2.65. The van der Waals surface area contributed by atoms with Crippen molar-refractivity contribution in [3.63, 3.8) is 0 Å². The van der Waals surface area contributed by atoms with E-state index in [0.717, 1.165) is 19.5 Å².